The Morgan fingerprint density at radius 3 is 2.38 bits per heavy atom. The van der Waals surface area contributed by atoms with Crippen molar-refractivity contribution >= 4 is 77.4 Å². The second kappa shape index (κ2) is 15.1. The summed E-state index contributed by atoms with van der Waals surface area (Å²) in [7, 11) is 0. The van der Waals surface area contributed by atoms with Crippen molar-refractivity contribution in [2.75, 3.05) is 44.2 Å². The molecule has 12 heteroatoms. The molecule has 3 aromatic heterocycles. The second-order valence-corrected chi connectivity index (χ2v) is 9.21. The van der Waals surface area contributed by atoms with Crippen molar-refractivity contribution in [1.29, 1.82) is 0 Å². The Bertz CT molecular complexity index is 1350. The normalized spacial score (nSPS) is 13.1. The standard InChI is InChI=1S/C27H27ClN6O2.3ClH/c28-23-18-31-24-17-21(4-5-22(23)24)27(36)34(25-3-1-2-9-30-25)19-26(35)33-15-13-32(14-16-33)12-8-20-6-10-29-11-7-20;;;/h1-7,9-11,17-18,31H,8,12-16,19H2;3*1H. The molecule has 0 saturated carbocycles. The zero-order chi connectivity index (χ0) is 24.9. The lowest BCUT2D eigenvalue weighted by molar-refractivity contribution is -0.131. The van der Waals surface area contributed by atoms with Crippen LogP contribution in [0.3, 0.4) is 0 Å². The van der Waals surface area contributed by atoms with Crippen molar-refractivity contribution in [3.8, 4) is 0 Å². The van der Waals surface area contributed by atoms with Crippen LogP contribution in [-0.2, 0) is 11.2 Å². The highest BCUT2D eigenvalue weighted by atomic mass is 35.5. The van der Waals surface area contributed by atoms with Gasteiger partial charge < -0.3 is 9.88 Å². The number of aromatic nitrogens is 3. The third kappa shape index (κ3) is 7.84. The predicted molar refractivity (Wildman–Crippen MR) is 162 cm³/mol. The molecule has 0 aliphatic carbocycles. The zero-order valence-corrected chi connectivity index (χ0v) is 24.2. The molecule has 0 atom stereocenters. The molecule has 0 unspecified atom stereocenters. The van der Waals surface area contributed by atoms with Gasteiger partial charge in [0, 0.05) is 74.0 Å². The van der Waals surface area contributed by atoms with Crippen LogP contribution in [0, 0.1) is 0 Å². The van der Waals surface area contributed by atoms with E-state index < -0.39 is 0 Å². The van der Waals surface area contributed by atoms with E-state index in [0.717, 1.165) is 37.0 Å². The summed E-state index contributed by atoms with van der Waals surface area (Å²) in [6.45, 7) is 3.74. The van der Waals surface area contributed by atoms with Crippen molar-refractivity contribution < 1.29 is 9.59 Å². The highest BCUT2D eigenvalue weighted by molar-refractivity contribution is 6.35. The Labute approximate surface area is 251 Å². The van der Waals surface area contributed by atoms with Gasteiger partial charge in [0.15, 0.2) is 0 Å². The molecule has 1 aliphatic rings. The quantitative estimate of drug-likeness (QED) is 0.321. The summed E-state index contributed by atoms with van der Waals surface area (Å²) in [5, 5.41) is 1.44. The molecular weight excluding hydrogens is 582 g/mol. The van der Waals surface area contributed by atoms with E-state index in [0.29, 0.717) is 29.5 Å². The fraction of sp³-hybridized carbons (Fsp3) is 0.259. The summed E-state index contributed by atoms with van der Waals surface area (Å²) in [6.07, 6.45) is 7.89. The number of carbonyl (C=O) groups is 2. The van der Waals surface area contributed by atoms with Crippen molar-refractivity contribution in [2.24, 2.45) is 0 Å². The van der Waals surface area contributed by atoms with Crippen LogP contribution in [0.4, 0.5) is 5.82 Å². The fourth-order valence-corrected chi connectivity index (χ4v) is 4.66. The number of nitrogens with one attached hydrogen (secondary N) is 1. The number of halogens is 4. The maximum absolute atomic E-state index is 13.5. The third-order valence-corrected chi connectivity index (χ3v) is 6.85. The number of aromatic amines is 1. The highest BCUT2D eigenvalue weighted by Crippen LogP contribution is 2.25. The van der Waals surface area contributed by atoms with Crippen LogP contribution < -0.4 is 4.90 Å². The molecule has 1 aromatic carbocycles. The minimum Gasteiger partial charge on any atom is -0.360 e. The van der Waals surface area contributed by atoms with Crippen LogP contribution in [0.2, 0.25) is 5.02 Å². The summed E-state index contributed by atoms with van der Waals surface area (Å²) in [5.41, 5.74) is 2.48. The average Bonchev–Trinajstić information content (AvgIpc) is 3.31. The molecule has 1 saturated heterocycles. The number of hydrogen-bond donors (Lipinski definition) is 1. The van der Waals surface area contributed by atoms with E-state index in [9.17, 15) is 9.59 Å². The molecule has 4 aromatic rings. The number of hydrogen-bond acceptors (Lipinski definition) is 5. The number of fused-ring (bicyclic) bond motifs is 1. The lowest BCUT2D eigenvalue weighted by Gasteiger charge is -2.35. The van der Waals surface area contributed by atoms with E-state index in [1.165, 1.54) is 10.5 Å². The molecule has 4 heterocycles. The predicted octanol–water partition coefficient (Wildman–Crippen LogP) is 4.91. The molecular formula is C27H30Cl4N6O2. The fourth-order valence-electron chi connectivity index (χ4n) is 4.44. The molecule has 0 spiro atoms. The summed E-state index contributed by atoms with van der Waals surface area (Å²) < 4.78 is 0. The number of pyridine rings is 2. The van der Waals surface area contributed by atoms with Crippen LogP contribution in [0.1, 0.15) is 15.9 Å². The number of anilines is 1. The number of carbonyl (C=O) groups excluding carboxylic acids is 2. The zero-order valence-electron chi connectivity index (χ0n) is 21.0. The van der Waals surface area contributed by atoms with Crippen LogP contribution in [0.5, 0.6) is 0 Å². The number of amides is 2. The highest BCUT2D eigenvalue weighted by Gasteiger charge is 2.27. The monoisotopic (exact) mass is 610 g/mol. The van der Waals surface area contributed by atoms with Gasteiger partial charge in [0.1, 0.15) is 12.4 Å². The lowest BCUT2D eigenvalue weighted by Crippen LogP contribution is -2.52. The first kappa shape index (κ1) is 32.3. The first-order valence-corrected chi connectivity index (χ1v) is 12.3. The molecule has 39 heavy (non-hydrogen) atoms. The van der Waals surface area contributed by atoms with Crippen LogP contribution in [-0.4, -0.2) is 75.8 Å². The van der Waals surface area contributed by atoms with E-state index in [-0.39, 0.29) is 55.6 Å². The first-order valence-electron chi connectivity index (χ1n) is 12.0. The Morgan fingerprint density at radius 1 is 0.949 bits per heavy atom. The topological polar surface area (TPSA) is 85.4 Å². The molecule has 208 valence electrons. The number of rotatable bonds is 7. The molecule has 1 aliphatic heterocycles. The lowest BCUT2D eigenvalue weighted by atomic mass is 10.1. The summed E-state index contributed by atoms with van der Waals surface area (Å²) in [6, 6.07) is 14.7. The Hall–Kier alpha value is -2.88. The van der Waals surface area contributed by atoms with E-state index >= 15 is 0 Å². The SMILES string of the molecule is Cl.Cl.Cl.O=C(CN(C(=O)c1ccc2c(Cl)c[nH]c2c1)c1ccccn1)N1CCN(CCc2ccncc2)CC1. The maximum Gasteiger partial charge on any atom is 0.259 e. The Balaban J connectivity index is 0.00000178. The summed E-state index contributed by atoms with van der Waals surface area (Å²) in [5.74, 6) is 0.0638. The van der Waals surface area contributed by atoms with Gasteiger partial charge in [-0.05, 0) is 48.4 Å². The van der Waals surface area contributed by atoms with Gasteiger partial charge >= 0.3 is 0 Å². The second-order valence-electron chi connectivity index (χ2n) is 8.80. The van der Waals surface area contributed by atoms with Crippen molar-refractivity contribution in [3.05, 3.63) is 89.5 Å². The molecule has 8 nitrogen and oxygen atoms in total. The third-order valence-electron chi connectivity index (χ3n) is 6.53. The molecule has 1 N–H and O–H groups in total. The average molecular weight is 612 g/mol. The minimum atomic E-state index is -0.286. The number of H-pyrrole nitrogens is 1. The molecule has 0 radical (unpaired) electrons. The smallest absolute Gasteiger partial charge is 0.259 e. The van der Waals surface area contributed by atoms with Crippen LogP contribution >= 0.6 is 48.8 Å². The molecule has 1 fully saturated rings. The van der Waals surface area contributed by atoms with Crippen molar-refractivity contribution in [2.45, 2.75) is 6.42 Å². The van der Waals surface area contributed by atoms with Crippen LogP contribution in [0.15, 0.2) is 73.3 Å². The maximum atomic E-state index is 13.5. The van der Waals surface area contributed by atoms with Gasteiger partial charge in [-0.15, -0.1) is 37.2 Å². The number of benzene rings is 1. The molecule has 2 amide bonds. The van der Waals surface area contributed by atoms with Gasteiger partial charge in [-0.1, -0.05) is 23.7 Å². The van der Waals surface area contributed by atoms with Gasteiger partial charge in [-0.3, -0.25) is 24.4 Å². The Kier molecular flexibility index (Phi) is 12.5. The van der Waals surface area contributed by atoms with Gasteiger partial charge in [0.25, 0.3) is 5.91 Å². The Morgan fingerprint density at radius 2 is 1.69 bits per heavy atom. The summed E-state index contributed by atoms with van der Waals surface area (Å²) >= 11 is 6.19. The summed E-state index contributed by atoms with van der Waals surface area (Å²) in [4.78, 5) is 44.0. The van der Waals surface area contributed by atoms with Crippen molar-refractivity contribution in [3.63, 3.8) is 0 Å². The largest absolute Gasteiger partial charge is 0.360 e. The number of nitrogens with zero attached hydrogens (tertiary/aromatic N) is 5. The van der Waals surface area contributed by atoms with Gasteiger partial charge in [-0.25, -0.2) is 4.98 Å². The van der Waals surface area contributed by atoms with E-state index in [1.54, 1.807) is 36.7 Å². The molecule has 0 bridgehead atoms. The first-order chi connectivity index (χ1) is 17.6. The van der Waals surface area contributed by atoms with Gasteiger partial charge in [0.05, 0.1) is 5.02 Å². The van der Waals surface area contributed by atoms with E-state index in [2.05, 4.69) is 19.9 Å². The van der Waals surface area contributed by atoms with E-state index in [1.807, 2.05) is 41.6 Å². The minimum absolute atomic E-state index is 0. The number of piperazine rings is 1. The van der Waals surface area contributed by atoms with Gasteiger partial charge in [-0.2, -0.15) is 0 Å². The van der Waals surface area contributed by atoms with Gasteiger partial charge in [0.2, 0.25) is 5.91 Å². The molecule has 5 rings (SSSR count). The van der Waals surface area contributed by atoms with Crippen LogP contribution in [0.25, 0.3) is 10.9 Å². The van der Waals surface area contributed by atoms with Crippen molar-refractivity contribution in [1.82, 2.24) is 24.8 Å². The van der Waals surface area contributed by atoms with E-state index in [4.69, 9.17) is 11.6 Å².